The maximum atomic E-state index is 12.4. The summed E-state index contributed by atoms with van der Waals surface area (Å²) in [6.07, 6.45) is 0.822. The van der Waals surface area contributed by atoms with E-state index < -0.39 is 0 Å². The number of amides is 2. The molecule has 0 radical (unpaired) electrons. The van der Waals surface area contributed by atoms with Crippen molar-refractivity contribution in [3.8, 4) is 0 Å². The van der Waals surface area contributed by atoms with Gasteiger partial charge in [0.2, 0.25) is 11.8 Å². The number of nitrogens with zero attached hydrogens (tertiary/aromatic N) is 1. The predicted octanol–water partition coefficient (Wildman–Crippen LogP) is 4.59. The molecule has 2 aromatic rings. The minimum Gasteiger partial charge on any atom is -0.325 e. The average Bonchev–Trinajstić information content (AvgIpc) is 2.58. The van der Waals surface area contributed by atoms with Crippen LogP contribution >= 0.6 is 23.2 Å². The van der Waals surface area contributed by atoms with E-state index in [2.05, 4.69) is 10.6 Å². The first-order chi connectivity index (χ1) is 12.9. The lowest BCUT2D eigenvalue weighted by molar-refractivity contribution is -0.120. The SMILES string of the molecule is CCCN(CC(=O)Nc1cccc(C)c1)CC(=O)Nc1cc(Cl)ccc1Cl. The van der Waals surface area contributed by atoms with Crippen molar-refractivity contribution in [2.75, 3.05) is 30.3 Å². The molecule has 0 heterocycles. The Morgan fingerprint density at radius 2 is 1.70 bits per heavy atom. The van der Waals surface area contributed by atoms with Crippen molar-refractivity contribution in [1.29, 1.82) is 0 Å². The first kappa shape index (κ1) is 21.2. The van der Waals surface area contributed by atoms with Crippen LogP contribution in [0.3, 0.4) is 0 Å². The smallest absolute Gasteiger partial charge is 0.238 e. The molecular formula is C20H23Cl2N3O2. The second kappa shape index (κ2) is 10.3. The van der Waals surface area contributed by atoms with Crippen LogP contribution in [-0.4, -0.2) is 36.3 Å². The van der Waals surface area contributed by atoms with Gasteiger partial charge >= 0.3 is 0 Å². The number of nitrogens with one attached hydrogen (secondary N) is 2. The van der Waals surface area contributed by atoms with Crippen molar-refractivity contribution in [3.05, 3.63) is 58.1 Å². The molecule has 7 heteroatoms. The maximum Gasteiger partial charge on any atom is 0.238 e. The zero-order valence-corrected chi connectivity index (χ0v) is 16.9. The normalized spacial score (nSPS) is 10.7. The molecule has 0 spiro atoms. The van der Waals surface area contributed by atoms with E-state index >= 15 is 0 Å². The number of anilines is 2. The minimum atomic E-state index is -0.254. The Morgan fingerprint density at radius 3 is 2.37 bits per heavy atom. The van der Waals surface area contributed by atoms with Crippen molar-refractivity contribution in [3.63, 3.8) is 0 Å². The Morgan fingerprint density at radius 1 is 1.00 bits per heavy atom. The van der Waals surface area contributed by atoms with Crippen LogP contribution in [0.4, 0.5) is 11.4 Å². The highest BCUT2D eigenvalue weighted by Gasteiger charge is 2.15. The zero-order chi connectivity index (χ0) is 19.8. The van der Waals surface area contributed by atoms with E-state index in [9.17, 15) is 9.59 Å². The Balaban J connectivity index is 1.94. The van der Waals surface area contributed by atoms with Crippen molar-refractivity contribution < 1.29 is 9.59 Å². The van der Waals surface area contributed by atoms with Crippen molar-refractivity contribution in [2.24, 2.45) is 0 Å². The molecular weight excluding hydrogens is 385 g/mol. The third-order valence-corrected chi connectivity index (χ3v) is 4.34. The largest absolute Gasteiger partial charge is 0.325 e. The summed E-state index contributed by atoms with van der Waals surface area (Å²) in [6, 6.07) is 12.5. The number of benzene rings is 2. The summed E-state index contributed by atoms with van der Waals surface area (Å²) in [5.41, 5.74) is 2.26. The number of hydrogen-bond donors (Lipinski definition) is 2. The number of carbonyl (C=O) groups excluding carboxylic acids is 2. The highest BCUT2D eigenvalue weighted by atomic mass is 35.5. The first-order valence-corrected chi connectivity index (χ1v) is 9.46. The Bertz CT molecular complexity index is 812. The lowest BCUT2D eigenvalue weighted by Gasteiger charge is -2.21. The molecule has 2 N–H and O–H groups in total. The minimum absolute atomic E-state index is 0.0813. The van der Waals surface area contributed by atoms with Gasteiger partial charge in [-0.15, -0.1) is 0 Å². The predicted molar refractivity (Wildman–Crippen MR) is 112 cm³/mol. The fourth-order valence-electron chi connectivity index (χ4n) is 2.64. The van der Waals surface area contributed by atoms with Crippen LogP contribution in [0.5, 0.6) is 0 Å². The van der Waals surface area contributed by atoms with Crippen LogP contribution in [0, 0.1) is 6.92 Å². The molecule has 5 nitrogen and oxygen atoms in total. The molecule has 0 aromatic heterocycles. The Kier molecular flexibility index (Phi) is 8.10. The van der Waals surface area contributed by atoms with E-state index in [1.54, 1.807) is 23.1 Å². The average molecular weight is 408 g/mol. The number of carbonyl (C=O) groups is 2. The molecule has 0 unspecified atom stereocenters. The van der Waals surface area contributed by atoms with Crippen LogP contribution in [0.25, 0.3) is 0 Å². The lowest BCUT2D eigenvalue weighted by Crippen LogP contribution is -2.39. The van der Waals surface area contributed by atoms with Gasteiger partial charge in [0.1, 0.15) is 0 Å². The highest BCUT2D eigenvalue weighted by Crippen LogP contribution is 2.25. The van der Waals surface area contributed by atoms with Crippen molar-refractivity contribution >= 4 is 46.4 Å². The van der Waals surface area contributed by atoms with Crippen LogP contribution < -0.4 is 10.6 Å². The fraction of sp³-hybridized carbons (Fsp3) is 0.300. The highest BCUT2D eigenvalue weighted by molar-refractivity contribution is 6.35. The Labute approximate surface area is 169 Å². The molecule has 0 saturated heterocycles. The van der Waals surface area contributed by atoms with Crippen LogP contribution in [0.2, 0.25) is 10.0 Å². The van der Waals surface area contributed by atoms with E-state index in [1.165, 1.54) is 0 Å². The molecule has 0 saturated carbocycles. The van der Waals surface area contributed by atoms with E-state index in [4.69, 9.17) is 23.2 Å². The van der Waals surface area contributed by atoms with Gasteiger partial charge < -0.3 is 10.6 Å². The second-order valence-electron chi connectivity index (χ2n) is 6.30. The van der Waals surface area contributed by atoms with Gasteiger partial charge in [-0.25, -0.2) is 0 Å². The van der Waals surface area contributed by atoms with Crippen LogP contribution in [0.15, 0.2) is 42.5 Å². The van der Waals surface area contributed by atoms with E-state index in [0.717, 1.165) is 17.7 Å². The molecule has 0 bridgehead atoms. The summed E-state index contributed by atoms with van der Waals surface area (Å²) in [7, 11) is 0. The summed E-state index contributed by atoms with van der Waals surface area (Å²) >= 11 is 12.0. The van der Waals surface area contributed by atoms with Crippen LogP contribution in [0.1, 0.15) is 18.9 Å². The second-order valence-corrected chi connectivity index (χ2v) is 7.14. The number of hydrogen-bond acceptors (Lipinski definition) is 3. The van der Waals surface area contributed by atoms with E-state index in [0.29, 0.717) is 22.3 Å². The molecule has 0 aliphatic rings. The Hall–Kier alpha value is -2.08. The summed E-state index contributed by atoms with van der Waals surface area (Å²) in [6.45, 7) is 4.79. The molecule has 0 aliphatic heterocycles. The zero-order valence-electron chi connectivity index (χ0n) is 15.4. The number of rotatable bonds is 8. The standard InChI is InChI=1S/C20H23Cl2N3O2/c1-3-9-25(12-19(26)23-16-6-4-5-14(2)10-16)13-20(27)24-18-11-15(21)7-8-17(18)22/h4-8,10-11H,3,9,12-13H2,1-2H3,(H,23,26)(H,24,27). The van der Waals surface area contributed by atoms with Gasteiger partial charge in [-0.3, -0.25) is 14.5 Å². The van der Waals surface area contributed by atoms with Gasteiger partial charge in [-0.1, -0.05) is 42.3 Å². The van der Waals surface area contributed by atoms with Crippen molar-refractivity contribution in [1.82, 2.24) is 4.90 Å². The fourth-order valence-corrected chi connectivity index (χ4v) is 2.98. The molecule has 2 amide bonds. The summed E-state index contributed by atoms with van der Waals surface area (Å²) < 4.78 is 0. The summed E-state index contributed by atoms with van der Waals surface area (Å²) in [4.78, 5) is 26.5. The van der Waals surface area contributed by atoms with Gasteiger partial charge in [-0.05, 0) is 55.8 Å². The van der Waals surface area contributed by atoms with Gasteiger partial charge in [0.05, 0.1) is 23.8 Å². The lowest BCUT2D eigenvalue weighted by atomic mass is 10.2. The molecule has 0 fully saturated rings. The third kappa shape index (κ3) is 7.21. The van der Waals surface area contributed by atoms with Gasteiger partial charge in [0.15, 0.2) is 0 Å². The molecule has 2 aromatic carbocycles. The third-order valence-electron chi connectivity index (χ3n) is 3.78. The molecule has 144 valence electrons. The van der Waals surface area contributed by atoms with E-state index in [-0.39, 0.29) is 24.9 Å². The number of aryl methyl sites for hydroxylation is 1. The molecule has 27 heavy (non-hydrogen) atoms. The van der Waals surface area contributed by atoms with Gasteiger partial charge in [0, 0.05) is 10.7 Å². The maximum absolute atomic E-state index is 12.4. The molecule has 2 rings (SSSR count). The van der Waals surface area contributed by atoms with Gasteiger partial charge in [-0.2, -0.15) is 0 Å². The first-order valence-electron chi connectivity index (χ1n) is 8.71. The summed E-state index contributed by atoms with van der Waals surface area (Å²) in [5, 5.41) is 6.50. The topological polar surface area (TPSA) is 61.4 Å². The summed E-state index contributed by atoms with van der Waals surface area (Å²) in [5.74, 6) is -0.418. The molecule has 0 aliphatic carbocycles. The van der Waals surface area contributed by atoms with Gasteiger partial charge in [0.25, 0.3) is 0 Å². The van der Waals surface area contributed by atoms with Crippen LogP contribution in [-0.2, 0) is 9.59 Å². The van der Waals surface area contributed by atoms with Crippen molar-refractivity contribution in [2.45, 2.75) is 20.3 Å². The number of halogens is 2. The quantitative estimate of drug-likeness (QED) is 0.672. The van der Waals surface area contributed by atoms with E-state index in [1.807, 2.05) is 38.1 Å². The molecule has 0 atom stereocenters. The monoisotopic (exact) mass is 407 g/mol.